The zero-order valence-corrected chi connectivity index (χ0v) is 13.5. The van der Waals surface area contributed by atoms with Gasteiger partial charge in [0, 0.05) is 19.1 Å². The number of likely N-dealkylation sites (N-methyl/N-ethyl adjacent to an activating group) is 1. The van der Waals surface area contributed by atoms with Gasteiger partial charge in [-0.05, 0) is 32.7 Å². The van der Waals surface area contributed by atoms with Crippen molar-refractivity contribution >= 4 is 5.97 Å². The van der Waals surface area contributed by atoms with Crippen LogP contribution in [0.4, 0.5) is 0 Å². The Bertz CT molecular complexity index is 240. The first-order valence-electron chi connectivity index (χ1n) is 7.57. The van der Waals surface area contributed by atoms with E-state index in [2.05, 4.69) is 37.9 Å². The Morgan fingerprint density at radius 3 is 2.11 bits per heavy atom. The van der Waals surface area contributed by atoms with Gasteiger partial charge < -0.3 is 10.1 Å². The van der Waals surface area contributed by atoms with Crippen molar-refractivity contribution in [1.82, 2.24) is 10.2 Å². The summed E-state index contributed by atoms with van der Waals surface area (Å²) in [4.78, 5) is 14.3. The molecule has 0 radical (unpaired) electrons. The fourth-order valence-corrected chi connectivity index (χ4v) is 2.41. The summed E-state index contributed by atoms with van der Waals surface area (Å²) in [7, 11) is 1.82. The molecule has 4 nitrogen and oxygen atoms in total. The van der Waals surface area contributed by atoms with Gasteiger partial charge in [0.15, 0.2) is 0 Å². The maximum absolute atomic E-state index is 11.9. The second-order valence-electron chi connectivity index (χ2n) is 5.41. The van der Waals surface area contributed by atoms with E-state index < -0.39 is 0 Å². The Labute approximate surface area is 118 Å². The van der Waals surface area contributed by atoms with Crippen molar-refractivity contribution < 1.29 is 9.53 Å². The molecule has 0 aliphatic rings. The minimum atomic E-state index is -0.237. The largest absolute Gasteiger partial charge is 0.465 e. The van der Waals surface area contributed by atoms with E-state index in [1.165, 1.54) is 0 Å². The fraction of sp³-hybridized carbons (Fsp3) is 0.933. The summed E-state index contributed by atoms with van der Waals surface area (Å²) in [6.07, 6.45) is 2.23. The number of nitrogens with one attached hydrogen (secondary N) is 1. The van der Waals surface area contributed by atoms with Gasteiger partial charge in [0.25, 0.3) is 0 Å². The van der Waals surface area contributed by atoms with Crippen LogP contribution in [0, 0.1) is 5.92 Å². The molecule has 0 aliphatic heterocycles. The molecule has 0 aromatic heterocycles. The van der Waals surface area contributed by atoms with E-state index in [0.717, 1.165) is 25.9 Å². The van der Waals surface area contributed by atoms with Crippen molar-refractivity contribution in [2.75, 3.05) is 26.7 Å². The summed E-state index contributed by atoms with van der Waals surface area (Å²) in [5.74, 6) is 0.449. The lowest BCUT2D eigenvalue weighted by Gasteiger charge is -2.34. The number of rotatable bonds is 10. The predicted octanol–water partition coefficient (Wildman–Crippen LogP) is 2.28. The maximum atomic E-state index is 11.9. The standard InChI is InChI=1S/C15H32N2O2/c1-7-13(8-2)17(10-12(4)5)11-14(16-6)15(18)19-9-3/h12-14,16H,7-11H2,1-6H3. The van der Waals surface area contributed by atoms with E-state index in [9.17, 15) is 4.79 Å². The Kier molecular flexibility index (Phi) is 9.88. The second kappa shape index (κ2) is 10.2. The molecule has 1 unspecified atom stereocenters. The molecular weight excluding hydrogens is 240 g/mol. The molecule has 0 aromatic carbocycles. The van der Waals surface area contributed by atoms with Gasteiger partial charge in [-0.25, -0.2) is 0 Å². The van der Waals surface area contributed by atoms with Gasteiger partial charge in [0.2, 0.25) is 0 Å². The highest BCUT2D eigenvalue weighted by atomic mass is 16.5. The van der Waals surface area contributed by atoms with Gasteiger partial charge in [-0.2, -0.15) is 0 Å². The van der Waals surface area contributed by atoms with Crippen molar-refractivity contribution in [1.29, 1.82) is 0 Å². The number of ether oxygens (including phenoxy) is 1. The zero-order valence-electron chi connectivity index (χ0n) is 13.5. The van der Waals surface area contributed by atoms with Crippen LogP contribution < -0.4 is 5.32 Å². The average molecular weight is 272 g/mol. The highest BCUT2D eigenvalue weighted by molar-refractivity contribution is 5.76. The lowest BCUT2D eigenvalue weighted by molar-refractivity contribution is -0.146. The molecule has 0 amide bonds. The minimum Gasteiger partial charge on any atom is -0.465 e. The molecule has 0 spiro atoms. The second-order valence-corrected chi connectivity index (χ2v) is 5.41. The number of hydrogen-bond donors (Lipinski definition) is 1. The van der Waals surface area contributed by atoms with Crippen LogP contribution in [0.2, 0.25) is 0 Å². The van der Waals surface area contributed by atoms with E-state index >= 15 is 0 Å². The van der Waals surface area contributed by atoms with Crippen molar-refractivity contribution in [3.05, 3.63) is 0 Å². The van der Waals surface area contributed by atoms with Crippen LogP contribution in [0.5, 0.6) is 0 Å². The molecule has 0 aromatic rings. The number of esters is 1. The predicted molar refractivity (Wildman–Crippen MR) is 80.3 cm³/mol. The molecule has 0 bridgehead atoms. The third-order valence-corrected chi connectivity index (χ3v) is 3.40. The van der Waals surface area contributed by atoms with Crippen molar-refractivity contribution in [2.45, 2.75) is 59.5 Å². The van der Waals surface area contributed by atoms with Gasteiger partial charge in [0.1, 0.15) is 6.04 Å². The summed E-state index contributed by atoms with van der Waals surface area (Å²) in [6.45, 7) is 12.9. The molecule has 0 aliphatic carbocycles. The summed E-state index contributed by atoms with van der Waals surface area (Å²) in [5, 5.41) is 3.08. The van der Waals surface area contributed by atoms with Crippen LogP contribution in [0.25, 0.3) is 0 Å². The molecule has 0 saturated heterocycles. The van der Waals surface area contributed by atoms with E-state index in [1.807, 2.05) is 14.0 Å². The molecule has 0 fully saturated rings. The Morgan fingerprint density at radius 1 is 1.16 bits per heavy atom. The van der Waals surface area contributed by atoms with E-state index in [4.69, 9.17) is 4.74 Å². The number of nitrogens with zero attached hydrogens (tertiary/aromatic N) is 1. The zero-order chi connectivity index (χ0) is 14.8. The summed E-state index contributed by atoms with van der Waals surface area (Å²) >= 11 is 0. The maximum Gasteiger partial charge on any atom is 0.324 e. The van der Waals surface area contributed by atoms with Crippen LogP contribution in [-0.4, -0.2) is 49.7 Å². The van der Waals surface area contributed by atoms with Gasteiger partial charge in [-0.15, -0.1) is 0 Å². The fourth-order valence-electron chi connectivity index (χ4n) is 2.41. The van der Waals surface area contributed by atoms with E-state index in [1.54, 1.807) is 0 Å². The molecule has 0 saturated carbocycles. The smallest absolute Gasteiger partial charge is 0.324 e. The molecule has 1 N–H and O–H groups in total. The lowest BCUT2D eigenvalue weighted by Crippen LogP contribution is -2.49. The number of carbonyl (C=O) groups is 1. The van der Waals surface area contributed by atoms with Gasteiger partial charge >= 0.3 is 5.97 Å². The average Bonchev–Trinajstić information content (AvgIpc) is 2.36. The first-order valence-corrected chi connectivity index (χ1v) is 7.57. The van der Waals surface area contributed by atoms with Crippen LogP contribution in [0.3, 0.4) is 0 Å². The lowest BCUT2D eigenvalue weighted by atomic mass is 10.1. The third-order valence-electron chi connectivity index (χ3n) is 3.40. The Balaban J connectivity index is 4.70. The SMILES string of the molecule is CCOC(=O)C(CN(CC(C)C)C(CC)CC)NC. The van der Waals surface area contributed by atoms with Crippen LogP contribution in [0.1, 0.15) is 47.5 Å². The number of carbonyl (C=O) groups excluding carboxylic acids is 1. The van der Waals surface area contributed by atoms with E-state index in [-0.39, 0.29) is 12.0 Å². The highest BCUT2D eigenvalue weighted by Gasteiger charge is 2.24. The Hall–Kier alpha value is -0.610. The third kappa shape index (κ3) is 6.92. The van der Waals surface area contributed by atoms with Crippen molar-refractivity contribution in [2.24, 2.45) is 5.92 Å². The molecule has 4 heteroatoms. The molecule has 19 heavy (non-hydrogen) atoms. The Morgan fingerprint density at radius 2 is 1.74 bits per heavy atom. The highest BCUT2D eigenvalue weighted by Crippen LogP contribution is 2.12. The van der Waals surface area contributed by atoms with Gasteiger partial charge in [0.05, 0.1) is 6.61 Å². The molecule has 0 heterocycles. The summed E-state index contributed by atoms with van der Waals surface area (Å²) in [5.41, 5.74) is 0. The summed E-state index contributed by atoms with van der Waals surface area (Å²) in [6, 6.07) is 0.298. The first-order chi connectivity index (χ1) is 8.99. The van der Waals surface area contributed by atoms with Crippen LogP contribution >= 0.6 is 0 Å². The normalized spacial score (nSPS) is 13.3. The monoisotopic (exact) mass is 272 g/mol. The molecule has 114 valence electrons. The van der Waals surface area contributed by atoms with Gasteiger partial charge in [-0.1, -0.05) is 27.7 Å². The van der Waals surface area contributed by atoms with Crippen molar-refractivity contribution in [3.63, 3.8) is 0 Å². The van der Waals surface area contributed by atoms with Crippen LogP contribution in [-0.2, 0) is 9.53 Å². The van der Waals surface area contributed by atoms with Crippen molar-refractivity contribution in [3.8, 4) is 0 Å². The number of hydrogen-bond acceptors (Lipinski definition) is 4. The topological polar surface area (TPSA) is 41.6 Å². The molecule has 1 atom stereocenters. The molecule has 0 rings (SSSR count). The van der Waals surface area contributed by atoms with Crippen LogP contribution in [0.15, 0.2) is 0 Å². The van der Waals surface area contributed by atoms with Gasteiger partial charge in [-0.3, -0.25) is 9.69 Å². The quantitative estimate of drug-likeness (QED) is 0.620. The minimum absolute atomic E-state index is 0.148. The summed E-state index contributed by atoms with van der Waals surface area (Å²) < 4.78 is 5.12. The molecular formula is C15H32N2O2. The first kappa shape index (κ1) is 18.4. The van der Waals surface area contributed by atoms with E-state index in [0.29, 0.717) is 18.6 Å².